The number of carbonyl (C=O) groups excluding carboxylic acids is 1. The molecule has 1 aromatic carbocycles. The number of carboxylic acid groups (broad SMARTS) is 1. The van der Waals surface area contributed by atoms with Gasteiger partial charge in [-0.1, -0.05) is 12.1 Å². The summed E-state index contributed by atoms with van der Waals surface area (Å²) in [5, 5.41) is 9.05. The third-order valence-electron chi connectivity index (χ3n) is 2.96. The molecule has 0 aliphatic rings. The van der Waals surface area contributed by atoms with Gasteiger partial charge in [-0.05, 0) is 31.5 Å². The van der Waals surface area contributed by atoms with Crippen LogP contribution in [0, 0.1) is 0 Å². The molecular weight excluding hydrogens is 276 g/mol. The number of esters is 1. The first kappa shape index (κ1) is 17.0. The van der Waals surface area contributed by atoms with Crippen molar-refractivity contribution in [1.82, 2.24) is 0 Å². The van der Waals surface area contributed by atoms with Crippen molar-refractivity contribution >= 4 is 11.9 Å². The van der Waals surface area contributed by atoms with Gasteiger partial charge in [0.15, 0.2) is 11.7 Å². The molecule has 1 aromatic rings. The molecule has 0 aliphatic heterocycles. The number of benzene rings is 1. The van der Waals surface area contributed by atoms with Crippen LogP contribution in [0.2, 0.25) is 0 Å². The van der Waals surface area contributed by atoms with Gasteiger partial charge in [-0.15, -0.1) is 0 Å². The van der Waals surface area contributed by atoms with Gasteiger partial charge in [-0.2, -0.15) is 0 Å². The molecule has 1 unspecified atom stereocenters. The van der Waals surface area contributed by atoms with E-state index in [1.807, 2.05) is 0 Å². The van der Waals surface area contributed by atoms with Gasteiger partial charge in [0, 0.05) is 13.5 Å². The van der Waals surface area contributed by atoms with Crippen LogP contribution < -0.4 is 4.74 Å². The SMILES string of the molecule is COC(=O)C(Cc1cccc(OC(C)(C)C(=O)O)c1)OC. The van der Waals surface area contributed by atoms with Crippen LogP contribution in [-0.4, -0.2) is 43.0 Å². The first-order chi connectivity index (χ1) is 9.80. The van der Waals surface area contributed by atoms with Crippen molar-refractivity contribution in [2.75, 3.05) is 14.2 Å². The molecule has 0 aromatic heterocycles. The quantitative estimate of drug-likeness (QED) is 0.771. The Labute approximate surface area is 123 Å². The predicted molar refractivity (Wildman–Crippen MR) is 75.3 cm³/mol. The molecule has 0 radical (unpaired) electrons. The van der Waals surface area contributed by atoms with E-state index < -0.39 is 23.6 Å². The normalized spacial score (nSPS) is 12.6. The van der Waals surface area contributed by atoms with Crippen molar-refractivity contribution in [2.24, 2.45) is 0 Å². The number of methoxy groups -OCH3 is 2. The summed E-state index contributed by atoms with van der Waals surface area (Å²) in [5.74, 6) is -1.11. The summed E-state index contributed by atoms with van der Waals surface area (Å²) in [6, 6.07) is 6.87. The molecular formula is C15H20O6. The molecule has 1 atom stereocenters. The van der Waals surface area contributed by atoms with Gasteiger partial charge in [-0.25, -0.2) is 9.59 Å². The fourth-order valence-electron chi connectivity index (χ4n) is 1.68. The summed E-state index contributed by atoms with van der Waals surface area (Å²) in [5.41, 5.74) is -0.548. The number of hydrogen-bond acceptors (Lipinski definition) is 5. The van der Waals surface area contributed by atoms with E-state index in [0.29, 0.717) is 12.2 Å². The fraction of sp³-hybridized carbons (Fsp3) is 0.467. The van der Waals surface area contributed by atoms with E-state index in [1.54, 1.807) is 24.3 Å². The molecule has 21 heavy (non-hydrogen) atoms. The summed E-state index contributed by atoms with van der Waals surface area (Å²) in [4.78, 5) is 22.6. The summed E-state index contributed by atoms with van der Waals surface area (Å²) in [6.07, 6.45) is -0.397. The molecule has 0 amide bonds. The zero-order valence-corrected chi connectivity index (χ0v) is 12.6. The maximum atomic E-state index is 11.5. The lowest BCUT2D eigenvalue weighted by Gasteiger charge is -2.22. The second kappa shape index (κ2) is 7.08. The van der Waals surface area contributed by atoms with E-state index >= 15 is 0 Å². The molecule has 6 heteroatoms. The van der Waals surface area contributed by atoms with Gasteiger partial charge in [0.05, 0.1) is 7.11 Å². The number of ether oxygens (including phenoxy) is 3. The van der Waals surface area contributed by atoms with E-state index in [1.165, 1.54) is 28.1 Å². The van der Waals surface area contributed by atoms with E-state index in [4.69, 9.17) is 14.6 Å². The summed E-state index contributed by atoms with van der Waals surface area (Å²) in [7, 11) is 2.72. The summed E-state index contributed by atoms with van der Waals surface area (Å²) >= 11 is 0. The zero-order chi connectivity index (χ0) is 16.0. The van der Waals surface area contributed by atoms with Crippen LogP contribution in [-0.2, 0) is 25.5 Å². The predicted octanol–water partition coefficient (Wildman–Crippen LogP) is 1.66. The smallest absolute Gasteiger partial charge is 0.347 e. The molecule has 116 valence electrons. The van der Waals surface area contributed by atoms with Gasteiger partial charge in [0.1, 0.15) is 5.75 Å². The third-order valence-corrected chi connectivity index (χ3v) is 2.96. The Morgan fingerprint density at radius 2 is 1.95 bits per heavy atom. The Balaban J connectivity index is 2.86. The molecule has 1 rings (SSSR count). The molecule has 0 saturated carbocycles. The molecule has 6 nitrogen and oxygen atoms in total. The Bertz CT molecular complexity index is 509. The maximum absolute atomic E-state index is 11.5. The van der Waals surface area contributed by atoms with Crippen molar-refractivity contribution in [3.8, 4) is 5.75 Å². The fourth-order valence-corrected chi connectivity index (χ4v) is 1.68. The molecule has 0 spiro atoms. The number of carbonyl (C=O) groups is 2. The average molecular weight is 296 g/mol. The largest absolute Gasteiger partial charge is 0.478 e. The minimum atomic E-state index is -1.33. The number of carboxylic acids is 1. The Morgan fingerprint density at radius 1 is 1.29 bits per heavy atom. The standard InChI is InChI=1S/C15H20O6/c1-15(2,14(17)18)21-11-7-5-6-10(8-11)9-12(19-3)13(16)20-4/h5-8,12H,9H2,1-4H3,(H,17,18). The monoisotopic (exact) mass is 296 g/mol. The minimum absolute atomic E-state index is 0.313. The van der Waals surface area contributed by atoms with Crippen molar-refractivity contribution < 1.29 is 28.9 Å². The highest BCUT2D eigenvalue weighted by atomic mass is 16.6. The lowest BCUT2D eigenvalue weighted by molar-refractivity contribution is -0.152. The third kappa shape index (κ3) is 4.75. The van der Waals surface area contributed by atoms with Crippen LogP contribution in [0.4, 0.5) is 0 Å². The second-order valence-electron chi connectivity index (χ2n) is 5.02. The van der Waals surface area contributed by atoms with Crippen molar-refractivity contribution in [2.45, 2.75) is 32.0 Å². The highest BCUT2D eigenvalue weighted by Crippen LogP contribution is 2.21. The number of rotatable bonds is 7. The van der Waals surface area contributed by atoms with Crippen LogP contribution in [0.25, 0.3) is 0 Å². The molecule has 0 bridgehead atoms. The lowest BCUT2D eigenvalue weighted by atomic mass is 10.1. The maximum Gasteiger partial charge on any atom is 0.347 e. The minimum Gasteiger partial charge on any atom is -0.478 e. The first-order valence-corrected chi connectivity index (χ1v) is 6.42. The van der Waals surface area contributed by atoms with E-state index in [2.05, 4.69) is 4.74 Å². The highest BCUT2D eigenvalue weighted by molar-refractivity contribution is 5.77. The highest BCUT2D eigenvalue weighted by Gasteiger charge is 2.29. The van der Waals surface area contributed by atoms with Crippen LogP contribution >= 0.6 is 0 Å². The van der Waals surface area contributed by atoms with Crippen LogP contribution in [0.15, 0.2) is 24.3 Å². The molecule has 1 N–H and O–H groups in total. The van der Waals surface area contributed by atoms with E-state index in [0.717, 1.165) is 5.56 Å². The Kier molecular flexibility index (Phi) is 5.72. The molecule has 0 fully saturated rings. The van der Waals surface area contributed by atoms with Gasteiger partial charge in [-0.3, -0.25) is 0 Å². The van der Waals surface area contributed by atoms with Gasteiger partial charge >= 0.3 is 11.9 Å². The van der Waals surface area contributed by atoms with Crippen molar-refractivity contribution in [3.05, 3.63) is 29.8 Å². The summed E-state index contributed by atoms with van der Waals surface area (Å²) < 4.78 is 15.2. The Morgan fingerprint density at radius 3 is 2.48 bits per heavy atom. The Hall–Kier alpha value is -2.08. The molecule has 0 heterocycles. The molecule has 0 aliphatic carbocycles. The summed E-state index contributed by atoms with van der Waals surface area (Å²) in [6.45, 7) is 2.93. The van der Waals surface area contributed by atoms with E-state index in [9.17, 15) is 9.59 Å². The number of aliphatic carboxylic acids is 1. The average Bonchev–Trinajstić information content (AvgIpc) is 2.43. The first-order valence-electron chi connectivity index (χ1n) is 6.42. The second-order valence-corrected chi connectivity index (χ2v) is 5.02. The van der Waals surface area contributed by atoms with Crippen LogP contribution in [0.1, 0.15) is 19.4 Å². The van der Waals surface area contributed by atoms with Crippen molar-refractivity contribution in [3.63, 3.8) is 0 Å². The lowest BCUT2D eigenvalue weighted by Crippen LogP contribution is -2.37. The zero-order valence-electron chi connectivity index (χ0n) is 12.6. The topological polar surface area (TPSA) is 82.1 Å². The van der Waals surface area contributed by atoms with E-state index in [-0.39, 0.29) is 0 Å². The van der Waals surface area contributed by atoms with Gasteiger partial charge < -0.3 is 19.3 Å². The van der Waals surface area contributed by atoms with Gasteiger partial charge in [0.25, 0.3) is 0 Å². The number of hydrogen-bond donors (Lipinski definition) is 1. The van der Waals surface area contributed by atoms with Crippen LogP contribution in [0.3, 0.4) is 0 Å². The van der Waals surface area contributed by atoms with Gasteiger partial charge in [0.2, 0.25) is 0 Å². The van der Waals surface area contributed by atoms with Crippen molar-refractivity contribution in [1.29, 1.82) is 0 Å². The molecule has 0 saturated heterocycles. The van der Waals surface area contributed by atoms with Crippen LogP contribution in [0.5, 0.6) is 5.75 Å².